The van der Waals surface area contributed by atoms with Gasteiger partial charge in [-0.3, -0.25) is 4.90 Å². The summed E-state index contributed by atoms with van der Waals surface area (Å²) in [6, 6.07) is 0.701. The van der Waals surface area contributed by atoms with E-state index >= 15 is 0 Å². The first-order valence-electron chi connectivity index (χ1n) is 5.90. The third-order valence-corrected chi connectivity index (χ3v) is 3.28. The van der Waals surface area contributed by atoms with Crippen molar-refractivity contribution in [3.63, 3.8) is 0 Å². The van der Waals surface area contributed by atoms with E-state index in [4.69, 9.17) is 11.2 Å². The molecule has 15 heavy (non-hydrogen) atoms. The van der Waals surface area contributed by atoms with Gasteiger partial charge in [-0.1, -0.05) is 0 Å². The smallest absolute Gasteiger partial charge is 0.0827 e. The lowest BCUT2D eigenvalue weighted by Crippen LogP contribution is -2.49. The van der Waals surface area contributed by atoms with Gasteiger partial charge in [0.05, 0.1) is 12.7 Å². The molecule has 2 rings (SSSR count). The number of hydrogen-bond donors (Lipinski definition) is 1. The molecule has 1 N–H and O–H groups in total. The second-order valence-electron chi connectivity index (χ2n) is 4.40. The Morgan fingerprint density at radius 3 is 3.33 bits per heavy atom. The predicted molar refractivity (Wildman–Crippen MR) is 60.7 cm³/mol. The summed E-state index contributed by atoms with van der Waals surface area (Å²) in [5, 5.41) is 3.34. The summed E-state index contributed by atoms with van der Waals surface area (Å²) in [6.07, 6.45) is 9.01. The van der Waals surface area contributed by atoms with E-state index in [9.17, 15) is 0 Å². The Kier molecular flexibility index (Phi) is 4.01. The van der Waals surface area contributed by atoms with Crippen molar-refractivity contribution < 1.29 is 4.74 Å². The van der Waals surface area contributed by atoms with Crippen molar-refractivity contribution in [2.24, 2.45) is 0 Å². The third-order valence-electron chi connectivity index (χ3n) is 3.28. The van der Waals surface area contributed by atoms with E-state index in [1.165, 1.54) is 19.4 Å². The number of rotatable bonds is 4. The predicted octanol–water partition coefficient (Wildman–Crippen LogP) is 0.462. The highest BCUT2D eigenvalue weighted by molar-refractivity contribution is 4.87. The molecule has 3 heteroatoms. The molecule has 0 aromatic carbocycles. The Balaban J connectivity index is 1.65. The summed E-state index contributed by atoms with van der Waals surface area (Å²) in [4.78, 5) is 2.57. The van der Waals surface area contributed by atoms with Crippen LogP contribution < -0.4 is 5.32 Å². The molecule has 2 aliphatic heterocycles. The van der Waals surface area contributed by atoms with Crippen LogP contribution in [-0.2, 0) is 4.74 Å². The number of terminal acetylenes is 1. The van der Waals surface area contributed by atoms with Crippen LogP contribution in [0.1, 0.15) is 19.3 Å². The molecule has 2 atom stereocenters. The molecule has 0 spiro atoms. The van der Waals surface area contributed by atoms with Crippen molar-refractivity contribution in [1.29, 1.82) is 0 Å². The zero-order valence-corrected chi connectivity index (χ0v) is 9.24. The van der Waals surface area contributed by atoms with Crippen molar-refractivity contribution in [3.05, 3.63) is 0 Å². The van der Waals surface area contributed by atoms with E-state index in [1.54, 1.807) is 0 Å². The van der Waals surface area contributed by atoms with Gasteiger partial charge in [-0.05, 0) is 19.4 Å². The minimum absolute atomic E-state index is 0.358. The summed E-state index contributed by atoms with van der Waals surface area (Å²) in [7, 11) is 0. The highest BCUT2D eigenvalue weighted by atomic mass is 16.5. The summed E-state index contributed by atoms with van der Waals surface area (Å²) >= 11 is 0. The van der Waals surface area contributed by atoms with Crippen LogP contribution in [0, 0.1) is 12.3 Å². The summed E-state index contributed by atoms with van der Waals surface area (Å²) < 4.78 is 5.82. The maximum Gasteiger partial charge on any atom is 0.0827 e. The number of nitrogens with zero attached hydrogens (tertiary/aromatic N) is 1. The first kappa shape index (κ1) is 10.9. The van der Waals surface area contributed by atoms with Gasteiger partial charge in [0.2, 0.25) is 0 Å². The lowest BCUT2D eigenvalue weighted by molar-refractivity contribution is -0.0467. The first-order chi connectivity index (χ1) is 7.40. The van der Waals surface area contributed by atoms with E-state index in [2.05, 4.69) is 16.1 Å². The Hall–Kier alpha value is -0.560. The first-order valence-corrected chi connectivity index (χ1v) is 5.90. The molecule has 2 aliphatic rings. The molecule has 2 fully saturated rings. The quantitative estimate of drug-likeness (QED) is 0.537. The largest absolute Gasteiger partial charge is 0.374 e. The van der Waals surface area contributed by atoms with Gasteiger partial charge >= 0.3 is 0 Å². The van der Waals surface area contributed by atoms with Gasteiger partial charge in [0.25, 0.3) is 0 Å². The van der Waals surface area contributed by atoms with Crippen LogP contribution in [-0.4, -0.2) is 49.8 Å². The lowest BCUT2D eigenvalue weighted by atomic mass is 10.2. The maximum atomic E-state index is 5.82. The average Bonchev–Trinajstić information content (AvgIpc) is 2.71. The van der Waals surface area contributed by atoms with Gasteiger partial charge in [-0.25, -0.2) is 0 Å². The highest BCUT2D eigenvalue weighted by Gasteiger charge is 2.31. The van der Waals surface area contributed by atoms with E-state index in [1.807, 2.05) is 0 Å². The van der Waals surface area contributed by atoms with Crippen molar-refractivity contribution in [2.75, 3.05) is 32.8 Å². The molecule has 2 unspecified atom stereocenters. The molecule has 0 radical (unpaired) electrons. The van der Waals surface area contributed by atoms with Gasteiger partial charge in [0.15, 0.2) is 0 Å². The molecular formula is C12H20N2O. The van der Waals surface area contributed by atoms with E-state index in [-0.39, 0.29) is 0 Å². The fraction of sp³-hybridized carbons (Fsp3) is 0.833. The Bertz CT molecular complexity index is 236. The standard InChI is InChI=1S/C12H20N2O/c1-2-3-6-13-8-12-9-14-7-4-5-11(14)10-15-12/h1,11-13H,3-10H2. The van der Waals surface area contributed by atoms with Crippen LogP contribution in [0.4, 0.5) is 0 Å². The molecule has 0 saturated carbocycles. The number of hydrogen-bond acceptors (Lipinski definition) is 3. The second-order valence-corrected chi connectivity index (χ2v) is 4.40. The summed E-state index contributed by atoms with van der Waals surface area (Å²) in [5.74, 6) is 2.63. The van der Waals surface area contributed by atoms with Crippen molar-refractivity contribution in [1.82, 2.24) is 10.2 Å². The summed E-state index contributed by atoms with van der Waals surface area (Å²) in [6.45, 7) is 5.11. The number of ether oxygens (including phenoxy) is 1. The SMILES string of the molecule is C#CCCNCC1CN2CCCC2CO1. The molecule has 84 valence electrons. The highest BCUT2D eigenvalue weighted by Crippen LogP contribution is 2.22. The van der Waals surface area contributed by atoms with Crippen LogP contribution >= 0.6 is 0 Å². The van der Waals surface area contributed by atoms with E-state index in [0.29, 0.717) is 12.1 Å². The molecule has 0 aromatic rings. The fourth-order valence-corrected chi connectivity index (χ4v) is 2.43. The zero-order valence-electron chi connectivity index (χ0n) is 9.24. The summed E-state index contributed by atoms with van der Waals surface area (Å²) in [5.41, 5.74) is 0. The van der Waals surface area contributed by atoms with Gasteiger partial charge < -0.3 is 10.1 Å². The molecule has 2 heterocycles. The monoisotopic (exact) mass is 208 g/mol. The van der Waals surface area contributed by atoms with Crippen molar-refractivity contribution in [2.45, 2.75) is 31.4 Å². The van der Waals surface area contributed by atoms with Crippen molar-refractivity contribution in [3.8, 4) is 12.3 Å². The minimum atomic E-state index is 0.358. The topological polar surface area (TPSA) is 24.5 Å². The van der Waals surface area contributed by atoms with Crippen LogP contribution in [0.15, 0.2) is 0 Å². The second kappa shape index (κ2) is 5.50. The van der Waals surface area contributed by atoms with Crippen LogP contribution in [0.25, 0.3) is 0 Å². The van der Waals surface area contributed by atoms with Crippen LogP contribution in [0.5, 0.6) is 0 Å². The molecule has 0 aliphatic carbocycles. The Morgan fingerprint density at radius 1 is 1.53 bits per heavy atom. The molecule has 0 aromatic heterocycles. The average molecular weight is 208 g/mol. The van der Waals surface area contributed by atoms with Crippen LogP contribution in [0.2, 0.25) is 0 Å². The number of fused-ring (bicyclic) bond motifs is 1. The number of morpholine rings is 1. The van der Waals surface area contributed by atoms with E-state index < -0.39 is 0 Å². The zero-order chi connectivity index (χ0) is 10.5. The van der Waals surface area contributed by atoms with Gasteiger partial charge in [0.1, 0.15) is 0 Å². The van der Waals surface area contributed by atoms with Gasteiger partial charge in [0, 0.05) is 32.1 Å². The maximum absolute atomic E-state index is 5.82. The number of nitrogens with one attached hydrogen (secondary N) is 1. The fourth-order valence-electron chi connectivity index (χ4n) is 2.43. The van der Waals surface area contributed by atoms with Crippen molar-refractivity contribution >= 4 is 0 Å². The molecule has 2 saturated heterocycles. The Morgan fingerprint density at radius 2 is 2.47 bits per heavy atom. The van der Waals surface area contributed by atoms with Gasteiger partial charge in [-0.15, -0.1) is 12.3 Å². The molecular weight excluding hydrogens is 188 g/mol. The minimum Gasteiger partial charge on any atom is -0.374 e. The normalized spacial score (nSPS) is 31.1. The van der Waals surface area contributed by atoms with E-state index in [0.717, 1.165) is 32.7 Å². The third kappa shape index (κ3) is 2.94. The van der Waals surface area contributed by atoms with Gasteiger partial charge in [-0.2, -0.15) is 0 Å². The Labute approximate surface area is 92.2 Å². The molecule has 3 nitrogen and oxygen atoms in total. The molecule has 0 bridgehead atoms. The lowest BCUT2D eigenvalue weighted by Gasteiger charge is -2.35. The molecule has 0 amide bonds. The van der Waals surface area contributed by atoms with Crippen LogP contribution in [0.3, 0.4) is 0 Å².